The van der Waals surface area contributed by atoms with E-state index in [-0.39, 0.29) is 11.8 Å². The molecular weight excluding hydrogens is 324 g/mol. The summed E-state index contributed by atoms with van der Waals surface area (Å²) in [6, 6.07) is 10.5. The highest BCUT2D eigenvalue weighted by molar-refractivity contribution is 5.79. The van der Waals surface area contributed by atoms with E-state index < -0.39 is 0 Å². The molecule has 2 aromatic rings. The quantitative estimate of drug-likeness (QED) is 0.918. The molecule has 1 amide bonds. The Morgan fingerprint density at radius 1 is 0.962 bits per heavy atom. The van der Waals surface area contributed by atoms with E-state index in [0.29, 0.717) is 12.6 Å². The number of benzene rings is 1. The van der Waals surface area contributed by atoms with Gasteiger partial charge in [-0.1, -0.05) is 43.2 Å². The molecule has 1 aliphatic carbocycles. The van der Waals surface area contributed by atoms with E-state index in [1.54, 1.807) is 0 Å². The van der Waals surface area contributed by atoms with E-state index in [1.165, 1.54) is 12.8 Å². The smallest absolute Gasteiger partial charge is 0.225 e. The number of hydrogen-bond donors (Lipinski definition) is 1. The first-order valence-electron chi connectivity index (χ1n) is 9.72. The molecule has 0 bridgehead atoms. The molecule has 2 heterocycles. The minimum Gasteiger partial charge on any atom is -0.353 e. The highest BCUT2D eigenvalue weighted by Crippen LogP contribution is 2.24. The zero-order valence-corrected chi connectivity index (χ0v) is 15.1. The molecule has 1 aromatic heterocycles. The van der Waals surface area contributed by atoms with Crippen LogP contribution in [0.5, 0.6) is 0 Å². The second-order valence-corrected chi connectivity index (χ2v) is 7.41. The Hall–Kier alpha value is -2.43. The predicted octanol–water partition coefficient (Wildman–Crippen LogP) is 3.42. The zero-order valence-electron chi connectivity index (χ0n) is 15.1. The summed E-state index contributed by atoms with van der Waals surface area (Å²) in [7, 11) is 0. The lowest BCUT2D eigenvalue weighted by Gasteiger charge is -2.32. The minimum atomic E-state index is 0.0433. The largest absolute Gasteiger partial charge is 0.353 e. The highest BCUT2D eigenvalue weighted by Gasteiger charge is 2.29. The van der Waals surface area contributed by atoms with Gasteiger partial charge in [-0.3, -0.25) is 4.79 Å². The lowest BCUT2D eigenvalue weighted by atomic mass is 9.97. The van der Waals surface area contributed by atoms with Gasteiger partial charge in [0.05, 0.1) is 5.92 Å². The summed E-state index contributed by atoms with van der Waals surface area (Å²) in [4.78, 5) is 23.9. The van der Waals surface area contributed by atoms with Gasteiger partial charge in [-0.2, -0.15) is 0 Å². The van der Waals surface area contributed by atoms with Crippen molar-refractivity contribution in [2.45, 2.75) is 44.6 Å². The summed E-state index contributed by atoms with van der Waals surface area (Å²) < 4.78 is 0. The van der Waals surface area contributed by atoms with Crippen molar-refractivity contribution < 1.29 is 4.79 Å². The second-order valence-electron chi connectivity index (χ2n) is 7.41. The van der Waals surface area contributed by atoms with E-state index in [0.717, 1.165) is 49.3 Å². The van der Waals surface area contributed by atoms with Gasteiger partial charge in [-0.05, 0) is 31.2 Å². The van der Waals surface area contributed by atoms with Crippen molar-refractivity contribution in [3.8, 4) is 11.1 Å². The fourth-order valence-corrected chi connectivity index (χ4v) is 4.03. The summed E-state index contributed by atoms with van der Waals surface area (Å²) in [6.45, 7) is 1.63. The summed E-state index contributed by atoms with van der Waals surface area (Å²) in [5.41, 5.74) is 2.13. The van der Waals surface area contributed by atoms with Crippen molar-refractivity contribution in [3.63, 3.8) is 0 Å². The molecule has 2 fully saturated rings. The first-order valence-corrected chi connectivity index (χ1v) is 9.72. The number of anilines is 1. The van der Waals surface area contributed by atoms with Crippen molar-refractivity contribution in [1.82, 2.24) is 15.3 Å². The van der Waals surface area contributed by atoms with Crippen molar-refractivity contribution in [2.24, 2.45) is 5.92 Å². The number of nitrogens with zero attached hydrogens (tertiary/aromatic N) is 3. The van der Waals surface area contributed by atoms with E-state index >= 15 is 0 Å². The average Bonchev–Trinajstić information content (AvgIpc) is 3.22. The molecule has 2 aliphatic rings. The van der Waals surface area contributed by atoms with Crippen LogP contribution in [0.25, 0.3) is 11.1 Å². The normalized spacial score (nSPS) is 20.9. The van der Waals surface area contributed by atoms with Crippen LogP contribution in [-0.2, 0) is 4.79 Å². The Morgan fingerprint density at radius 3 is 2.42 bits per heavy atom. The van der Waals surface area contributed by atoms with Gasteiger partial charge < -0.3 is 10.2 Å². The Balaban J connectivity index is 1.40. The van der Waals surface area contributed by atoms with Crippen molar-refractivity contribution >= 4 is 11.9 Å². The number of carbonyl (C=O) groups excluding carboxylic acids is 1. The maximum absolute atomic E-state index is 12.6. The number of amides is 1. The summed E-state index contributed by atoms with van der Waals surface area (Å²) in [6.07, 6.45) is 10.5. The van der Waals surface area contributed by atoms with Crippen molar-refractivity contribution in [3.05, 3.63) is 42.7 Å². The number of aromatic nitrogens is 2. The summed E-state index contributed by atoms with van der Waals surface area (Å²) in [5.74, 6) is 0.979. The van der Waals surface area contributed by atoms with Crippen LogP contribution in [0.2, 0.25) is 0 Å². The Labute approximate surface area is 154 Å². The molecule has 1 N–H and O–H groups in total. The molecule has 26 heavy (non-hydrogen) atoms. The lowest BCUT2D eigenvalue weighted by Crippen LogP contribution is -2.45. The van der Waals surface area contributed by atoms with Gasteiger partial charge in [0.2, 0.25) is 11.9 Å². The predicted molar refractivity (Wildman–Crippen MR) is 103 cm³/mol. The van der Waals surface area contributed by atoms with Crippen LogP contribution in [0, 0.1) is 5.92 Å². The molecule has 5 heteroatoms. The van der Waals surface area contributed by atoms with Gasteiger partial charge in [0, 0.05) is 37.1 Å². The van der Waals surface area contributed by atoms with Gasteiger partial charge in [0.25, 0.3) is 0 Å². The molecule has 1 atom stereocenters. The van der Waals surface area contributed by atoms with Crippen LogP contribution < -0.4 is 10.2 Å². The second kappa shape index (κ2) is 7.85. The van der Waals surface area contributed by atoms with E-state index in [9.17, 15) is 4.79 Å². The fraction of sp³-hybridized carbons (Fsp3) is 0.476. The third kappa shape index (κ3) is 3.87. The first kappa shape index (κ1) is 17.0. The minimum absolute atomic E-state index is 0.0433. The van der Waals surface area contributed by atoms with E-state index in [4.69, 9.17) is 0 Å². The van der Waals surface area contributed by atoms with Gasteiger partial charge in [-0.25, -0.2) is 9.97 Å². The van der Waals surface area contributed by atoms with Crippen LogP contribution >= 0.6 is 0 Å². The molecule has 5 nitrogen and oxygen atoms in total. The molecule has 136 valence electrons. The molecule has 1 aromatic carbocycles. The third-order valence-electron chi connectivity index (χ3n) is 5.52. The number of nitrogens with one attached hydrogen (secondary N) is 1. The molecule has 4 rings (SSSR count). The molecule has 0 spiro atoms. The molecule has 1 aliphatic heterocycles. The number of piperidine rings is 1. The Bertz CT molecular complexity index is 725. The van der Waals surface area contributed by atoms with Crippen LogP contribution in [0.1, 0.15) is 38.5 Å². The van der Waals surface area contributed by atoms with E-state index in [2.05, 4.69) is 32.3 Å². The van der Waals surface area contributed by atoms with Gasteiger partial charge >= 0.3 is 0 Å². The number of rotatable bonds is 4. The first-order chi connectivity index (χ1) is 12.8. The third-order valence-corrected chi connectivity index (χ3v) is 5.52. The Kier molecular flexibility index (Phi) is 5.14. The van der Waals surface area contributed by atoms with Gasteiger partial charge in [-0.15, -0.1) is 0 Å². The monoisotopic (exact) mass is 350 g/mol. The van der Waals surface area contributed by atoms with Crippen LogP contribution in [0.15, 0.2) is 42.7 Å². The molecule has 0 radical (unpaired) electrons. The van der Waals surface area contributed by atoms with Crippen LogP contribution in [0.4, 0.5) is 5.95 Å². The van der Waals surface area contributed by atoms with Gasteiger partial charge in [0.1, 0.15) is 0 Å². The Morgan fingerprint density at radius 2 is 1.69 bits per heavy atom. The SMILES string of the molecule is O=C(NC1CCCC1)[C@@H]1CCCN(c2ncc(-c3ccccc3)cn2)C1. The number of carbonyl (C=O) groups is 1. The van der Waals surface area contributed by atoms with Crippen molar-refractivity contribution in [1.29, 1.82) is 0 Å². The zero-order chi connectivity index (χ0) is 17.8. The maximum Gasteiger partial charge on any atom is 0.225 e. The molecule has 0 unspecified atom stereocenters. The summed E-state index contributed by atoms with van der Waals surface area (Å²) >= 11 is 0. The molecule has 1 saturated heterocycles. The van der Waals surface area contributed by atoms with Crippen LogP contribution in [-0.4, -0.2) is 35.0 Å². The maximum atomic E-state index is 12.6. The highest BCUT2D eigenvalue weighted by atomic mass is 16.2. The lowest BCUT2D eigenvalue weighted by molar-refractivity contribution is -0.125. The van der Waals surface area contributed by atoms with Gasteiger partial charge in [0.15, 0.2) is 0 Å². The number of hydrogen-bond acceptors (Lipinski definition) is 4. The summed E-state index contributed by atoms with van der Waals surface area (Å²) in [5, 5.41) is 3.24. The standard InChI is InChI=1S/C21H26N4O/c26-20(24-19-10-4-5-11-19)17-9-6-12-25(15-17)21-22-13-18(14-23-21)16-7-2-1-3-8-16/h1-3,7-8,13-14,17,19H,4-6,9-12,15H2,(H,24,26)/t17-/m1/s1. The fourth-order valence-electron chi connectivity index (χ4n) is 4.03. The molecular formula is C21H26N4O. The average molecular weight is 350 g/mol. The van der Waals surface area contributed by atoms with Crippen LogP contribution in [0.3, 0.4) is 0 Å². The van der Waals surface area contributed by atoms with Crippen molar-refractivity contribution in [2.75, 3.05) is 18.0 Å². The topological polar surface area (TPSA) is 58.1 Å². The van der Waals surface area contributed by atoms with E-state index in [1.807, 2.05) is 30.6 Å². The molecule has 1 saturated carbocycles.